The number of carbonyl (C=O) groups is 1. The molecule has 0 fully saturated rings. The summed E-state index contributed by atoms with van der Waals surface area (Å²) in [4.78, 5) is 11.4. The highest BCUT2D eigenvalue weighted by atomic mass is 16.1. The third-order valence-electron chi connectivity index (χ3n) is 2.06. The van der Waals surface area contributed by atoms with Crippen molar-refractivity contribution in [2.75, 3.05) is 12.3 Å². The molecular weight excluding hydrogens is 212 g/mol. The number of benzene rings is 1. The fourth-order valence-corrected chi connectivity index (χ4v) is 1.27. The van der Waals surface area contributed by atoms with Crippen LogP contribution in [0.5, 0.6) is 0 Å². The van der Waals surface area contributed by atoms with Gasteiger partial charge < -0.3 is 11.1 Å². The zero-order valence-corrected chi connectivity index (χ0v) is 9.86. The smallest absolute Gasteiger partial charge is 0.244 e. The van der Waals surface area contributed by atoms with E-state index in [1.807, 2.05) is 18.2 Å². The van der Waals surface area contributed by atoms with Crippen molar-refractivity contribution in [2.45, 2.75) is 13.3 Å². The molecule has 0 spiro atoms. The van der Waals surface area contributed by atoms with E-state index in [1.54, 1.807) is 19.1 Å². The van der Waals surface area contributed by atoms with Crippen LogP contribution in [0.4, 0.5) is 5.69 Å². The molecule has 1 amide bonds. The molecule has 3 nitrogen and oxygen atoms in total. The van der Waals surface area contributed by atoms with Gasteiger partial charge in [-0.15, -0.1) is 11.8 Å². The van der Waals surface area contributed by atoms with Crippen molar-refractivity contribution >= 4 is 17.7 Å². The lowest BCUT2D eigenvalue weighted by Crippen LogP contribution is -2.21. The SMILES string of the molecule is CC#CCCNC(=O)/C=C/c1cccc(N)c1. The van der Waals surface area contributed by atoms with Crippen LogP contribution in [0, 0.1) is 11.8 Å². The van der Waals surface area contributed by atoms with Gasteiger partial charge in [0.15, 0.2) is 0 Å². The molecule has 1 rings (SSSR count). The first kappa shape index (κ1) is 12.9. The first-order chi connectivity index (χ1) is 8.22. The van der Waals surface area contributed by atoms with E-state index in [9.17, 15) is 4.79 Å². The van der Waals surface area contributed by atoms with Gasteiger partial charge in [-0.1, -0.05) is 12.1 Å². The Balaban J connectivity index is 2.42. The molecule has 88 valence electrons. The highest BCUT2D eigenvalue weighted by Crippen LogP contribution is 2.07. The maximum atomic E-state index is 11.4. The van der Waals surface area contributed by atoms with E-state index in [0.717, 1.165) is 5.56 Å². The third-order valence-corrected chi connectivity index (χ3v) is 2.06. The zero-order valence-electron chi connectivity index (χ0n) is 9.86. The third kappa shape index (κ3) is 5.43. The van der Waals surface area contributed by atoms with Crippen molar-refractivity contribution in [3.63, 3.8) is 0 Å². The van der Waals surface area contributed by atoms with Crippen molar-refractivity contribution in [3.8, 4) is 11.8 Å². The number of carbonyl (C=O) groups excluding carboxylic acids is 1. The summed E-state index contributed by atoms with van der Waals surface area (Å²) in [7, 11) is 0. The molecule has 0 aromatic heterocycles. The molecule has 3 heteroatoms. The lowest BCUT2D eigenvalue weighted by Gasteiger charge is -1.98. The van der Waals surface area contributed by atoms with Gasteiger partial charge >= 0.3 is 0 Å². The minimum atomic E-state index is -0.120. The Morgan fingerprint density at radius 3 is 3.06 bits per heavy atom. The number of nitrogens with one attached hydrogen (secondary N) is 1. The Bertz CT molecular complexity index is 467. The predicted octanol–water partition coefficient (Wildman–Crippen LogP) is 1.81. The van der Waals surface area contributed by atoms with Crippen LogP contribution in [0.25, 0.3) is 6.08 Å². The fraction of sp³-hybridized carbons (Fsp3) is 0.214. The molecule has 3 N–H and O–H groups in total. The number of nitrogen functional groups attached to an aromatic ring is 1. The van der Waals surface area contributed by atoms with E-state index < -0.39 is 0 Å². The maximum absolute atomic E-state index is 11.4. The highest BCUT2D eigenvalue weighted by Gasteiger charge is 1.93. The molecular formula is C14H16N2O. The Labute approximate surface area is 102 Å². The van der Waals surface area contributed by atoms with Crippen LogP contribution in [0.1, 0.15) is 18.9 Å². The van der Waals surface area contributed by atoms with Crippen molar-refractivity contribution < 1.29 is 4.79 Å². The molecule has 0 aliphatic rings. The van der Waals surface area contributed by atoms with Crippen LogP contribution in [-0.2, 0) is 4.79 Å². The number of rotatable bonds is 4. The number of hydrogen-bond donors (Lipinski definition) is 2. The average Bonchev–Trinajstić information content (AvgIpc) is 2.32. The minimum absolute atomic E-state index is 0.120. The number of amides is 1. The summed E-state index contributed by atoms with van der Waals surface area (Å²) in [5, 5.41) is 2.74. The number of anilines is 1. The lowest BCUT2D eigenvalue weighted by atomic mass is 10.2. The molecule has 0 saturated carbocycles. The molecule has 0 heterocycles. The molecule has 17 heavy (non-hydrogen) atoms. The van der Waals surface area contributed by atoms with Gasteiger partial charge in [0, 0.05) is 24.7 Å². The molecule has 0 atom stereocenters. The van der Waals surface area contributed by atoms with Crippen LogP contribution in [-0.4, -0.2) is 12.5 Å². The molecule has 0 aliphatic heterocycles. The average molecular weight is 228 g/mol. The fourth-order valence-electron chi connectivity index (χ4n) is 1.27. The van der Waals surface area contributed by atoms with Crippen LogP contribution < -0.4 is 11.1 Å². The van der Waals surface area contributed by atoms with E-state index in [4.69, 9.17) is 5.73 Å². The van der Waals surface area contributed by atoms with E-state index >= 15 is 0 Å². The van der Waals surface area contributed by atoms with Gasteiger partial charge in [0.05, 0.1) is 0 Å². The van der Waals surface area contributed by atoms with E-state index in [-0.39, 0.29) is 5.91 Å². The van der Waals surface area contributed by atoms with Crippen LogP contribution in [0.2, 0.25) is 0 Å². The van der Waals surface area contributed by atoms with Crippen molar-refractivity contribution in [1.82, 2.24) is 5.32 Å². The summed E-state index contributed by atoms with van der Waals surface area (Å²) in [6, 6.07) is 7.36. The second kappa shape index (κ2) is 7.13. The summed E-state index contributed by atoms with van der Waals surface area (Å²) >= 11 is 0. The van der Waals surface area contributed by atoms with Crippen molar-refractivity contribution in [3.05, 3.63) is 35.9 Å². The Hall–Kier alpha value is -2.21. The number of nitrogens with two attached hydrogens (primary N) is 1. The monoisotopic (exact) mass is 228 g/mol. The summed E-state index contributed by atoms with van der Waals surface area (Å²) in [5.74, 6) is 5.53. The van der Waals surface area contributed by atoms with Gasteiger partial charge in [0.25, 0.3) is 0 Å². The van der Waals surface area contributed by atoms with E-state index in [0.29, 0.717) is 18.7 Å². The second-order valence-electron chi connectivity index (χ2n) is 3.47. The van der Waals surface area contributed by atoms with Crippen LogP contribution in [0.3, 0.4) is 0 Å². The van der Waals surface area contributed by atoms with E-state index in [1.165, 1.54) is 6.08 Å². The Morgan fingerprint density at radius 1 is 1.53 bits per heavy atom. The number of hydrogen-bond acceptors (Lipinski definition) is 2. The first-order valence-corrected chi connectivity index (χ1v) is 5.43. The first-order valence-electron chi connectivity index (χ1n) is 5.43. The van der Waals surface area contributed by atoms with Gasteiger partial charge in [-0.25, -0.2) is 0 Å². The summed E-state index contributed by atoms with van der Waals surface area (Å²) in [6.45, 7) is 2.35. The topological polar surface area (TPSA) is 55.1 Å². The van der Waals surface area contributed by atoms with Crippen molar-refractivity contribution in [2.24, 2.45) is 0 Å². The predicted molar refractivity (Wildman–Crippen MR) is 71.0 cm³/mol. The lowest BCUT2D eigenvalue weighted by molar-refractivity contribution is -0.116. The highest BCUT2D eigenvalue weighted by molar-refractivity contribution is 5.91. The molecule has 0 bridgehead atoms. The van der Waals surface area contributed by atoms with E-state index in [2.05, 4.69) is 17.2 Å². The van der Waals surface area contributed by atoms with Gasteiger partial charge in [-0.3, -0.25) is 4.79 Å². The quantitative estimate of drug-likeness (QED) is 0.357. The second-order valence-corrected chi connectivity index (χ2v) is 3.47. The molecule has 0 saturated heterocycles. The van der Waals surface area contributed by atoms with Gasteiger partial charge in [0.1, 0.15) is 0 Å². The standard InChI is InChI=1S/C14H16N2O/c1-2-3-4-10-16-14(17)9-8-12-6-5-7-13(15)11-12/h5-9,11H,4,10,15H2,1H3,(H,16,17)/b9-8+. The Kier molecular flexibility index (Phi) is 5.39. The summed E-state index contributed by atoms with van der Waals surface area (Å²) in [5.41, 5.74) is 7.23. The van der Waals surface area contributed by atoms with Crippen LogP contribution in [0.15, 0.2) is 30.3 Å². The maximum Gasteiger partial charge on any atom is 0.244 e. The van der Waals surface area contributed by atoms with Gasteiger partial charge in [-0.2, -0.15) is 0 Å². The normalized spacial score (nSPS) is 9.71. The minimum Gasteiger partial charge on any atom is -0.399 e. The zero-order chi connectivity index (χ0) is 12.5. The van der Waals surface area contributed by atoms with Crippen LogP contribution >= 0.6 is 0 Å². The summed E-state index contributed by atoms with van der Waals surface area (Å²) < 4.78 is 0. The molecule has 0 radical (unpaired) electrons. The van der Waals surface area contributed by atoms with Crippen molar-refractivity contribution in [1.29, 1.82) is 0 Å². The Morgan fingerprint density at radius 2 is 2.35 bits per heavy atom. The molecule has 0 aliphatic carbocycles. The molecule has 1 aromatic rings. The molecule has 1 aromatic carbocycles. The van der Waals surface area contributed by atoms with Gasteiger partial charge in [0.2, 0.25) is 5.91 Å². The van der Waals surface area contributed by atoms with Gasteiger partial charge in [-0.05, 0) is 30.7 Å². The largest absolute Gasteiger partial charge is 0.399 e. The summed E-state index contributed by atoms with van der Waals surface area (Å²) in [6.07, 6.45) is 3.90. The molecule has 0 unspecified atom stereocenters.